The molecule has 18 heavy (non-hydrogen) atoms. The molecule has 0 atom stereocenters. The van der Waals surface area contributed by atoms with Gasteiger partial charge in [-0.05, 0) is 35.6 Å². The van der Waals surface area contributed by atoms with Gasteiger partial charge in [0.2, 0.25) is 0 Å². The van der Waals surface area contributed by atoms with E-state index >= 15 is 0 Å². The van der Waals surface area contributed by atoms with Crippen LogP contribution < -0.4 is 0 Å². The smallest absolute Gasteiger partial charge is 0.446 e. The fraction of sp³-hybridized carbons (Fsp3) is 0.200. The Morgan fingerprint density at radius 2 is 2.28 bits per heavy atom. The topological polar surface area (TPSA) is 92.7 Å². The van der Waals surface area contributed by atoms with E-state index in [0.717, 1.165) is 0 Å². The molecule has 0 unspecified atom stereocenters. The molecule has 0 aliphatic rings. The number of nitrogens with zero attached hydrogens (tertiary/aromatic N) is 3. The van der Waals surface area contributed by atoms with Crippen LogP contribution in [0.25, 0.3) is 5.53 Å². The van der Waals surface area contributed by atoms with Crippen LogP contribution in [0.1, 0.15) is 17.3 Å². The molecule has 1 rings (SSSR count). The maximum Gasteiger partial charge on any atom is 0.446 e. The fourth-order valence-corrected chi connectivity index (χ4v) is 1.73. The quantitative estimate of drug-likeness (QED) is 0.116. The molecule has 0 spiro atoms. The van der Waals surface area contributed by atoms with E-state index in [9.17, 15) is 9.59 Å². The first-order valence-corrected chi connectivity index (χ1v) is 6.21. The summed E-state index contributed by atoms with van der Waals surface area (Å²) >= 11 is 7.68. The summed E-state index contributed by atoms with van der Waals surface area (Å²) in [5, 5.41) is -0.0779. The van der Waals surface area contributed by atoms with Crippen LogP contribution in [-0.4, -0.2) is 33.8 Å². The van der Waals surface area contributed by atoms with E-state index in [1.807, 2.05) is 22.6 Å². The summed E-state index contributed by atoms with van der Waals surface area (Å²) in [5.74, 6) is -1.85. The first kappa shape index (κ1) is 14.7. The van der Waals surface area contributed by atoms with E-state index in [1.54, 1.807) is 6.92 Å². The number of rotatable bonds is 4. The Kier molecular flexibility index (Phi) is 5.39. The fourth-order valence-electron chi connectivity index (χ4n) is 1.09. The number of esters is 1. The highest BCUT2D eigenvalue weighted by Crippen LogP contribution is 2.16. The first-order chi connectivity index (χ1) is 8.51. The van der Waals surface area contributed by atoms with Gasteiger partial charge < -0.3 is 10.3 Å². The number of carbonyl (C=O) groups excluding carboxylic acids is 2. The number of pyridine rings is 1. The van der Waals surface area contributed by atoms with E-state index in [-0.39, 0.29) is 17.3 Å². The summed E-state index contributed by atoms with van der Waals surface area (Å²) in [4.78, 5) is 29.8. The van der Waals surface area contributed by atoms with Crippen LogP contribution in [-0.2, 0) is 9.53 Å². The molecule has 0 aromatic carbocycles. The van der Waals surface area contributed by atoms with E-state index in [4.69, 9.17) is 17.1 Å². The molecule has 0 saturated carbocycles. The molecule has 0 saturated heterocycles. The summed E-state index contributed by atoms with van der Waals surface area (Å²) in [6, 6.07) is 1.43. The number of ether oxygens (including phenoxy) is 1. The van der Waals surface area contributed by atoms with Gasteiger partial charge in [-0.3, -0.25) is 4.79 Å². The average molecular weight is 380 g/mol. The molecule has 0 aliphatic carbocycles. The maximum absolute atomic E-state index is 11.9. The number of hydrogen-bond acceptors (Lipinski definition) is 4. The predicted octanol–water partition coefficient (Wildman–Crippen LogP) is 1.76. The number of carbonyl (C=O) groups is 2. The SMILES string of the molecule is CCOC(=O)C(=[N+]=[N-])C(=O)c1cc(I)cnc1Cl. The van der Waals surface area contributed by atoms with Gasteiger partial charge in [0.1, 0.15) is 5.15 Å². The molecule has 0 aliphatic heterocycles. The number of halogens is 2. The van der Waals surface area contributed by atoms with Crippen molar-refractivity contribution in [1.82, 2.24) is 4.98 Å². The van der Waals surface area contributed by atoms with Crippen LogP contribution in [0.5, 0.6) is 0 Å². The van der Waals surface area contributed by atoms with Gasteiger partial charge in [-0.1, -0.05) is 11.6 Å². The van der Waals surface area contributed by atoms with Gasteiger partial charge in [0.05, 0.1) is 12.2 Å². The van der Waals surface area contributed by atoms with Crippen molar-refractivity contribution in [1.29, 1.82) is 0 Å². The highest BCUT2D eigenvalue weighted by molar-refractivity contribution is 14.1. The lowest BCUT2D eigenvalue weighted by atomic mass is 10.1. The Morgan fingerprint density at radius 3 is 2.83 bits per heavy atom. The maximum atomic E-state index is 11.9. The Morgan fingerprint density at radius 1 is 1.61 bits per heavy atom. The normalized spacial score (nSPS) is 9.50. The van der Waals surface area contributed by atoms with Gasteiger partial charge in [-0.25, -0.2) is 9.78 Å². The van der Waals surface area contributed by atoms with Gasteiger partial charge in [0.15, 0.2) is 0 Å². The van der Waals surface area contributed by atoms with Crippen molar-refractivity contribution < 1.29 is 19.1 Å². The Bertz CT molecular complexity index is 555. The molecule has 0 bridgehead atoms. The van der Waals surface area contributed by atoms with Gasteiger partial charge >= 0.3 is 11.7 Å². The number of hydrogen-bond donors (Lipinski definition) is 0. The van der Waals surface area contributed by atoms with E-state index in [0.29, 0.717) is 3.57 Å². The number of aromatic nitrogens is 1. The van der Waals surface area contributed by atoms with Crippen LogP contribution in [0.3, 0.4) is 0 Å². The molecular weight excluding hydrogens is 372 g/mol. The predicted molar refractivity (Wildman–Crippen MR) is 71.6 cm³/mol. The zero-order valence-corrected chi connectivity index (χ0v) is 12.1. The number of Topliss-reactive ketones (excluding diaryl/α,β-unsaturated/α-hetero) is 1. The summed E-state index contributed by atoms with van der Waals surface area (Å²) in [6.45, 7) is 1.63. The van der Waals surface area contributed by atoms with E-state index in [1.165, 1.54) is 12.3 Å². The monoisotopic (exact) mass is 379 g/mol. The standard InChI is InChI=1S/C10H7ClIN3O3/c1-2-18-10(17)7(15-13)8(16)6-3-5(12)4-14-9(6)11/h3-4H,2H2,1H3. The lowest BCUT2D eigenvalue weighted by Gasteiger charge is -2.00. The molecule has 6 nitrogen and oxygen atoms in total. The van der Waals surface area contributed by atoms with Crippen molar-refractivity contribution in [2.75, 3.05) is 6.61 Å². The minimum atomic E-state index is -1.01. The molecular formula is C10H7ClIN3O3. The van der Waals surface area contributed by atoms with Crippen LogP contribution in [0.2, 0.25) is 5.15 Å². The minimum absolute atomic E-state index is 0.0237. The van der Waals surface area contributed by atoms with E-state index in [2.05, 4.69) is 14.5 Å². The zero-order chi connectivity index (χ0) is 13.7. The van der Waals surface area contributed by atoms with Crippen molar-refractivity contribution >= 4 is 51.7 Å². The first-order valence-electron chi connectivity index (χ1n) is 4.76. The van der Waals surface area contributed by atoms with Crippen molar-refractivity contribution in [3.05, 3.63) is 32.1 Å². The third kappa shape index (κ3) is 3.34. The largest absolute Gasteiger partial charge is 0.457 e. The molecule has 8 heteroatoms. The van der Waals surface area contributed by atoms with E-state index < -0.39 is 17.5 Å². The Labute approximate surface area is 121 Å². The Hall–Kier alpha value is -1.31. The second kappa shape index (κ2) is 6.58. The van der Waals surface area contributed by atoms with Gasteiger partial charge in [-0.15, -0.1) is 0 Å². The summed E-state index contributed by atoms with van der Waals surface area (Å²) < 4.78 is 5.25. The molecule has 1 aromatic rings. The third-order valence-electron chi connectivity index (χ3n) is 1.83. The zero-order valence-electron chi connectivity index (χ0n) is 9.18. The number of ketones is 1. The van der Waals surface area contributed by atoms with Crippen molar-refractivity contribution in [2.24, 2.45) is 0 Å². The molecule has 0 amide bonds. The molecule has 94 valence electrons. The molecule has 0 radical (unpaired) electrons. The second-order valence-electron chi connectivity index (χ2n) is 2.99. The van der Waals surface area contributed by atoms with Gasteiger partial charge in [0, 0.05) is 9.77 Å². The van der Waals surface area contributed by atoms with Crippen molar-refractivity contribution in [2.45, 2.75) is 6.92 Å². The van der Waals surface area contributed by atoms with Gasteiger partial charge in [-0.2, -0.15) is 4.79 Å². The summed E-state index contributed by atoms with van der Waals surface area (Å²) in [5.41, 5.74) is 7.96. The molecule has 1 aromatic heterocycles. The molecule has 1 heterocycles. The highest BCUT2D eigenvalue weighted by Gasteiger charge is 2.33. The van der Waals surface area contributed by atoms with Crippen LogP contribution in [0, 0.1) is 3.57 Å². The summed E-state index contributed by atoms with van der Waals surface area (Å²) in [7, 11) is 0. The lowest BCUT2D eigenvalue weighted by molar-refractivity contribution is -0.139. The minimum Gasteiger partial charge on any atom is -0.457 e. The molecule has 0 fully saturated rings. The molecule has 0 N–H and O–H groups in total. The van der Waals surface area contributed by atoms with Gasteiger partial charge in [0.25, 0.3) is 5.78 Å². The Balaban J connectivity index is 3.16. The van der Waals surface area contributed by atoms with Crippen LogP contribution in [0.15, 0.2) is 12.3 Å². The lowest BCUT2D eigenvalue weighted by Crippen LogP contribution is -2.28. The second-order valence-corrected chi connectivity index (χ2v) is 4.59. The average Bonchev–Trinajstić information content (AvgIpc) is 2.33. The summed E-state index contributed by atoms with van der Waals surface area (Å²) in [6.07, 6.45) is 1.46. The van der Waals surface area contributed by atoms with Crippen molar-refractivity contribution in [3.8, 4) is 0 Å². The van der Waals surface area contributed by atoms with Crippen LogP contribution >= 0.6 is 34.2 Å². The van der Waals surface area contributed by atoms with Crippen molar-refractivity contribution in [3.63, 3.8) is 0 Å². The van der Waals surface area contributed by atoms with Crippen LogP contribution in [0.4, 0.5) is 0 Å². The highest BCUT2D eigenvalue weighted by atomic mass is 127. The third-order valence-corrected chi connectivity index (χ3v) is 2.73.